The number of hydrogen-bond acceptors (Lipinski definition) is 3. The molecule has 53 heavy (non-hydrogen) atoms. The molecule has 1 aliphatic carbocycles. The van der Waals surface area contributed by atoms with E-state index < -0.39 is 8.07 Å². The van der Waals surface area contributed by atoms with Gasteiger partial charge in [-0.1, -0.05) is 159 Å². The second kappa shape index (κ2) is 16.4. The van der Waals surface area contributed by atoms with Gasteiger partial charge in [-0.05, 0) is 55.8 Å². The van der Waals surface area contributed by atoms with Crippen molar-refractivity contribution in [1.82, 2.24) is 9.97 Å². The third-order valence-corrected chi connectivity index (χ3v) is 13.7. The summed E-state index contributed by atoms with van der Waals surface area (Å²) in [6.07, 6.45) is 12.4. The van der Waals surface area contributed by atoms with Crippen molar-refractivity contribution >= 4 is 55.5 Å². The van der Waals surface area contributed by atoms with E-state index in [9.17, 15) is 0 Å². The van der Waals surface area contributed by atoms with Gasteiger partial charge in [0.1, 0.15) is 0 Å². The molecule has 267 valence electrons. The minimum Gasteiger partial charge on any atom is -0.305 e. The van der Waals surface area contributed by atoms with Gasteiger partial charge in [-0.2, -0.15) is 11.3 Å². The summed E-state index contributed by atoms with van der Waals surface area (Å²) in [4.78, 5) is 9.55. The fourth-order valence-electron chi connectivity index (χ4n) is 7.77. The minimum atomic E-state index is -1.36. The van der Waals surface area contributed by atoms with Crippen molar-refractivity contribution in [3.63, 3.8) is 0 Å². The summed E-state index contributed by atoms with van der Waals surface area (Å²) in [5, 5.41) is 6.49. The van der Waals surface area contributed by atoms with Crippen LogP contribution in [0.3, 0.4) is 0 Å². The number of pyridine rings is 2. The molecule has 0 atom stereocenters. The quantitative estimate of drug-likeness (QED) is 0.123. The molecule has 0 spiro atoms. The molecular weight excluding hydrogens is 857 g/mol. The first-order valence-electron chi connectivity index (χ1n) is 18.7. The molecule has 0 saturated heterocycles. The molecule has 9 rings (SSSR count). The number of benzene rings is 5. The maximum atomic E-state index is 4.78. The van der Waals surface area contributed by atoms with Gasteiger partial charge in [0, 0.05) is 37.2 Å². The Kier molecular flexibility index (Phi) is 11.5. The molecule has 0 bridgehead atoms. The predicted molar refractivity (Wildman–Crippen MR) is 226 cm³/mol. The second-order valence-electron chi connectivity index (χ2n) is 15.1. The molecule has 1 radical (unpaired) electrons. The van der Waals surface area contributed by atoms with Crippen LogP contribution in [0.5, 0.6) is 0 Å². The summed E-state index contributed by atoms with van der Waals surface area (Å²) >= 11 is 1.83. The Labute approximate surface area is 332 Å². The summed E-state index contributed by atoms with van der Waals surface area (Å²) in [6.45, 7) is 7.30. The van der Waals surface area contributed by atoms with E-state index in [4.69, 9.17) is 9.97 Å². The maximum Gasteiger partial charge on any atom is 0.0798 e. The summed E-state index contributed by atoms with van der Waals surface area (Å²) in [6, 6.07) is 49.3. The van der Waals surface area contributed by atoms with Crippen molar-refractivity contribution in [3.05, 3.63) is 151 Å². The Bertz CT molecular complexity index is 2460. The zero-order valence-corrected chi connectivity index (χ0v) is 34.9. The minimum absolute atomic E-state index is 0. The van der Waals surface area contributed by atoms with E-state index in [-0.39, 0.29) is 20.1 Å². The molecule has 1 saturated carbocycles. The summed E-state index contributed by atoms with van der Waals surface area (Å²) in [5.74, 6) is 0.869. The Balaban J connectivity index is 0.000000166. The molecule has 3 aromatic heterocycles. The third-order valence-electron chi connectivity index (χ3n) is 10.4. The van der Waals surface area contributed by atoms with Crippen LogP contribution in [0, 0.1) is 18.1 Å². The monoisotopic (exact) mass is 901 g/mol. The average Bonchev–Trinajstić information content (AvgIpc) is 3.58. The Morgan fingerprint density at radius 3 is 2.21 bits per heavy atom. The average molecular weight is 901 g/mol. The van der Waals surface area contributed by atoms with Gasteiger partial charge < -0.3 is 9.97 Å². The molecule has 0 N–H and O–H groups in total. The molecule has 1 fully saturated rings. The molecule has 0 unspecified atom stereocenters. The molecule has 3 heterocycles. The van der Waals surface area contributed by atoms with Gasteiger partial charge in [0.05, 0.1) is 8.07 Å². The zero-order valence-electron chi connectivity index (χ0n) is 30.7. The third kappa shape index (κ3) is 8.15. The van der Waals surface area contributed by atoms with Crippen LogP contribution in [-0.4, -0.2) is 18.0 Å². The fraction of sp³-hybridized carbons (Fsp3) is 0.208. The van der Waals surface area contributed by atoms with Crippen molar-refractivity contribution in [2.75, 3.05) is 0 Å². The van der Waals surface area contributed by atoms with Crippen LogP contribution in [0.15, 0.2) is 134 Å². The van der Waals surface area contributed by atoms with Crippen molar-refractivity contribution in [3.8, 4) is 33.6 Å². The van der Waals surface area contributed by atoms with Gasteiger partial charge in [0.2, 0.25) is 0 Å². The number of hydrogen-bond donors (Lipinski definition) is 0. The Hall–Kier alpha value is -4.25. The Morgan fingerprint density at radius 2 is 1.43 bits per heavy atom. The zero-order chi connectivity index (χ0) is 35.5. The van der Waals surface area contributed by atoms with Crippen molar-refractivity contribution in [1.29, 1.82) is 0 Å². The molecule has 1 aliphatic rings. The van der Waals surface area contributed by atoms with E-state index in [0.29, 0.717) is 0 Å². The van der Waals surface area contributed by atoms with Crippen LogP contribution < -0.4 is 5.19 Å². The van der Waals surface area contributed by atoms with E-state index in [2.05, 4.69) is 147 Å². The van der Waals surface area contributed by atoms with E-state index in [1.54, 1.807) is 10.8 Å². The molecule has 2 nitrogen and oxygen atoms in total. The summed E-state index contributed by atoms with van der Waals surface area (Å²) in [5.41, 5.74) is 8.24. The number of rotatable bonds is 6. The van der Waals surface area contributed by atoms with Gasteiger partial charge in [-0.25, -0.2) is 0 Å². The van der Waals surface area contributed by atoms with Crippen LogP contribution in [0.25, 0.3) is 64.6 Å². The molecule has 0 amide bonds. The summed E-state index contributed by atoms with van der Waals surface area (Å²) < 4.78 is 2.54. The number of aromatic nitrogens is 2. The molecule has 5 heteroatoms. The van der Waals surface area contributed by atoms with E-state index in [1.165, 1.54) is 75.2 Å². The first-order chi connectivity index (χ1) is 25.4. The smallest absolute Gasteiger partial charge is 0.0798 e. The van der Waals surface area contributed by atoms with Gasteiger partial charge in [-0.15, -0.1) is 53.6 Å². The Morgan fingerprint density at radius 1 is 0.717 bits per heavy atom. The van der Waals surface area contributed by atoms with Crippen LogP contribution >= 0.6 is 11.3 Å². The van der Waals surface area contributed by atoms with Gasteiger partial charge in [0.15, 0.2) is 0 Å². The van der Waals surface area contributed by atoms with Crippen LogP contribution in [0.2, 0.25) is 19.6 Å². The molecule has 5 aromatic carbocycles. The SMILES string of the molecule is C[Si](C)(C)c1cnc(-c2[c-]cccc2)cc1CC1CCCCC1.[Ir].[c-]1cc(-c2ccccc2)c2c(sc3ccccc32)c1-c1cc2ccccc2cn1. The van der Waals surface area contributed by atoms with E-state index in [1.807, 2.05) is 29.7 Å². The molecule has 8 aromatic rings. The molecular formula is C48H44IrN2SSi-2. The van der Waals surface area contributed by atoms with E-state index in [0.717, 1.165) is 33.8 Å². The van der Waals surface area contributed by atoms with Crippen LogP contribution in [-0.2, 0) is 26.5 Å². The second-order valence-corrected chi connectivity index (χ2v) is 21.2. The number of thiophene rings is 1. The molecule has 0 aliphatic heterocycles. The predicted octanol–water partition coefficient (Wildman–Crippen LogP) is 13.0. The normalized spacial score (nSPS) is 13.4. The number of nitrogens with zero attached hydrogens (tertiary/aromatic N) is 2. The van der Waals surface area contributed by atoms with Gasteiger partial charge >= 0.3 is 0 Å². The first-order valence-corrected chi connectivity index (χ1v) is 23.0. The standard InChI is InChI=1S/C27H16NS.C21H28NSi.Ir/c1-2-8-18(9-3-1)21-14-15-22(24-16-19-10-4-5-11-20(19)17-28-24)27-26(21)23-12-6-7-13-25(23)29-27;1-23(2,3)21-16-22-20(18-12-8-5-9-13-18)15-19(21)14-17-10-6-4-7-11-17;/h1-14,16-17H;5,8-9,12,15-17H,4,6-7,10-11,14H2,1-3H3;/q2*-1;. The topological polar surface area (TPSA) is 25.8 Å². The van der Waals surface area contributed by atoms with Crippen LogP contribution in [0.1, 0.15) is 37.7 Å². The largest absolute Gasteiger partial charge is 0.305 e. The van der Waals surface area contributed by atoms with E-state index >= 15 is 0 Å². The first kappa shape index (κ1) is 37.1. The number of fused-ring (bicyclic) bond motifs is 4. The maximum absolute atomic E-state index is 4.78. The van der Waals surface area contributed by atoms with Crippen molar-refractivity contribution in [2.45, 2.75) is 58.2 Å². The van der Waals surface area contributed by atoms with Crippen molar-refractivity contribution in [2.24, 2.45) is 5.92 Å². The summed E-state index contributed by atoms with van der Waals surface area (Å²) in [7, 11) is -1.36. The van der Waals surface area contributed by atoms with Crippen molar-refractivity contribution < 1.29 is 20.1 Å². The van der Waals surface area contributed by atoms with Gasteiger partial charge in [0.25, 0.3) is 0 Å². The fourth-order valence-corrected chi connectivity index (χ4v) is 10.6. The van der Waals surface area contributed by atoms with Crippen LogP contribution in [0.4, 0.5) is 0 Å². The van der Waals surface area contributed by atoms with Gasteiger partial charge in [-0.3, -0.25) is 0 Å².